The molecule has 0 saturated carbocycles. The number of anilines is 1. The fourth-order valence-corrected chi connectivity index (χ4v) is 2.46. The number of aliphatic hydroxyl groups excluding tert-OH is 3. The summed E-state index contributed by atoms with van der Waals surface area (Å²) >= 11 is 0. The number of nitrogens with zero attached hydrogens (tertiary/aromatic N) is 3. The zero-order valence-corrected chi connectivity index (χ0v) is 10.9. The molecule has 0 aromatic carbocycles. The summed E-state index contributed by atoms with van der Waals surface area (Å²) in [6.07, 6.45) is -1.98. The van der Waals surface area contributed by atoms with Gasteiger partial charge < -0.3 is 30.4 Å². The summed E-state index contributed by atoms with van der Waals surface area (Å²) in [7, 11) is 0. The number of nitrogens with one attached hydrogen (secondary N) is 1. The number of hydrogen-bond donors (Lipinski definition) is 5. The first-order chi connectivity index (χ1) is 10.0. The van der Waals surface area contributed by atoms with Crippen molar-refractivity contribution < 1.29 is 20.1 Å². The number of fused-ring (bicyclic) bond motifs is 1. The third-order valence-corrected chi connectivity index (χ3v) is 3.59. The molecule has 1 aliphatic rings. The normalized spacial score (nSPS) is 29.9. The first kappa shape index (κ1) is 13.9. The van der Waals surface area contributed by atoms with Crippen LogP contribution < -0.4 is 11.3 Å². The van der Waals surface area contributed by atoms with Gasteiger partial charge in [0.05, 0.1) is 25.6 Å². The highest BCUT2D eigenvalue weighted by atomic mass is 16.5. The van der Waals surface area contributed by atoms with E-state index in [-0.39, 0.29) is 23.7 Å². The van der Waals surface area contributed by atoms with E-state index in [0.29, 0.717) is 0 Å². The molecule has 2 aromatic rings. The lowest BCUT2D eigenvalue weighted by Gasteiger charge is -2.37. The van der Waals surface area contributed by atoms with E-state index in [1.54, 1.807) is 0 Å². The maximum atomic E-state index is 11.7. The zero-order chi connectivity index (χ0) is 15.1. The molecule has 0 amide bonds. The minimum absolute atomic E-state index is 0.0310. The summed E-state index contributed by atoms with van der Waals surface area (Å²) < 4.78 is 6.73. The van der Waals surface area contributed by atoms with Crippen molar-refractivity contribution in [3.63, 3.8) is 0 Å². The van der Waals surface area contributed by atoms with Gasteiger partial charge in [-0.3, -0.25) is 9.78 Å². The van der Waals surface area contributed by atoms with Crippen molar-refractivity contribution in [3.05, 3.63) is 16.7 Å². The first-order valence-corrected chi connectivity index (χ1v) is 6.34. The van der Waals surface area contributed by atoms with Gasteiger partial charge in [-0.05, 0) is 0 Å². The van der Waals surface area contributed by atoms with E-state index in [1.807, 2.05) is 0 Å². The highest BCUT2D eigenvalue weighted by Crippen LogP contribution is 2.26. The second-order valence-corrected chi connectivity index (χ2v) is 4.88. The second-order valence-electron chi connectivity index (χ2n) is 4.88. The number of aromatic nitrogens is 4. The molecular weight excluding hydrogens is 282 g/mol. The van der Waals surface area contributed by atoms with Gasteiger partial charge in [-0.2, -0.15) is 4.98 Å². The zero-order valence-electron chi connectivity index (χ0n) is 10.9. The highest BCUT2D eigenvalue weighted by Gasteiger charge is 2.39. The van der Waals surface area contributed by atoms with E-state index in [4.69, 9.17) is 15.6 Å². The van der Waals surface area contributed by atoms with Gasteiger partial charge in [-0.1, -0.05) is 0 Å². The molecule has 1 saturated heterocycles. The Labute approximate surface area is 117 Å². The lowest BCUT2D eigenvalue weighted by atomic mass is 9.98. The molecule has 0 bridgehead atoms. The Hall–Kier alpha value is -2.01. The summed E-state index contributed by atoms with van der Waals surface area (Å²) in [4.78, 5) is 22.0. The Kier molecular flexibility index (Phi) is 3.37. The number of aromatic amines is 1. The van der Waals surface area contributed by atoms with E-state index >= 15 is 0 Å². The SMILES string of the molecule is Nc1nc2c(ncn2[C@@H]2CO[C@H](CO)[C@@H](O)[C@@H]2O)c(=O)[nH]1. The van der Waals surface area contributed by atoms with Gasteiger partial charge in [0, 0.05) is 0 Å². The number of hydrogen-bond acceptors (Lipinski definition) is 8. The second kappa shape index (κ2) is 5.07. The van der Waals surface area contributed by atoms with E-state index in [2.05, 4.69) is 15.0 Å². The number of nitrogen functional groups attached to an aromatic ring is 1. The fraction of sp³-hybridized carbons (Fsp3) is 0.545. The molecule has 6 N–H and O–H groups in total. The molecule has 2 aromatic heterocycles. The van der Waals surface area contributed by atoms with Crippen molar-refractivity contribution in [2.45, 2.75) is 24.4 Å². The summed E-state index contributed by atoms with van der Waals surface area (Å²) in [6, 6.07) is -0.693. The monoisotopic (exact) mass is 297 g/mol. The number of aliphatic hydroxyl groups is 3. The molecule has 0 spiro atoms. The quantitative estimate of drug-likeness (QED) is 0.402. The maximum Gasteiger partial charge on any atom is 0.280 e. The Morgan fingerprint density at radius 1 is 1.48 bits per heavy atom. The Bertz CT molecular complexity index is 713. The molecular formula is C11H15N5O5. The number of rotatable bonds is 2. The van der Waals surface area contributed by atoms with Crippen LogP contribution in [0.3, 0.4) is 0 Å². The van der Waals surface area contributed by atoms with Crippen LogP contribution >= 0.6 is 0 Å². The number of nitrogens with two attached hydrogens (primary N) is 1. The van der Waals surface area contributed by atoms with Crippen molar-refractivity contribution in [3.8, 4) is 0 Å². The summed E-state index contributed by atoms with van der Waals surface area (Å²) in [5, 5.41) is 29.1. The molecule has 4 atom stereocenters. The van der Waals surface area contributed by atoms with Gasteiger partial charge in [0.2, 0.25) is 5.95 Å². The van der Waals surface area contributed by atoms with Crippen LogP contribution in [0, 0.1) is 0 Å². The van der Waals surface area contributed by atoms with Crippen LogP contribution in [0.2, 0.25) is 0 Å². The van der Waals surface area contributed by atoms with Crippen LogP contribution in [0.1, 0.15) is 6.04 Å². The standard InChI is InChI=1S/C11H15N5O5/c12-11-14-9-6(10(20)15-11)13-3-16(9)4-2-21-5(1-17)8(19)7(4)18/h3-5,7-8,17-19H,1-2H2,(H3,12,14,15,20)/t4-,5-,7-,8-/m1/s1. The van der Waals surface area contributed by atoms with Crippen LogP contribution in [0.25, 0.3) is 11.2 Å². The molecule has 1 aliphatic heterocycles. The predicted octanol–water partition coefficient (Wildman–Crippen LogP) is -2.64. The molecule has 10 heteroatoms. The maximum absolute atomic E-state index is 11.7. The number of imidazole rings is 1. The summed E-state index contributed by atoms with van der Waals surface area (Å²) in [5.74, 6) is -0.0748. The average molecular weight is 297 g/mol. The van der Waals surface area contributed by atoms with Gasteiger partial charge in [-0.25, -0.2) is 4.98 Å². The van der Waals surface area contributed by atoms with Gasteiger partial charge in [0.1, 0.15) is 18.3 Å². The summed E-state index contributed by atoms with van der Waals surface area (Å²) in [6.45, 7) is -0.371. The smallest absolute Gasteiger partial charge is 0.280 e. The molecule has 10 nitrogen and oxygen atoms in total. The predicted molar refractivity (Wildman–Crippen MR) is 70.4 cm³/mol. The third kappa shape index (κ3) is 2.17. The average Bonchev–Trinajstić information content (AvgIpc) is 2.86. The molecule has 1 fully saturated rings. The Morgan fingerprint density at radius 3 is 2.95 bits per heavy atom. The lowest BCUT2D eigenvalue weighted by Crippen LogP contribution is -2.51. The number of H-pyrrole nitrogens is 1. The Morgan fingerprint density at radius 2 is 2.24 bits per heavy atom. The van der Waals surface area contributed by atoms with Crippen LogP contribution in [0.5, 0.6) is 0 Å². The van der Waals surface area contributed by atoms with E-state index in [9.17, 15) is 15.0 Å². The molecule has 0 unspecified atom stereocenters. The largest absolute Gasteiger partial charge is 0.394 e. The van der Waals surface area contributed by atoms with Crippen molar-refractivity contribution in [1.29, 1.82) is 0 Å². The lowest BCUT2D eigenvalue weighted by molar-refractivity contribution is -0.169. The van der Waals surface area contributed by atoms with E-state index in [1.165, 1.54) is 10.9 Å². The molecule has 21 heavy (non-hydrogen) atoms. The highest BCUT2D eigenvalue weighted by molar-refractivity contribution is 5.70. The molecule has 0 aliphatic carbocycles. The van der Waals surface area contributed by atoms with Gasteiger partial charge in [0.25, 0.3) is 5.56 Å². The van der Waals surface area contributed by atoms with Crippen LogP contribution in [0.4, 0.5) is 5.95 Å². The van der Waals surface area contributed by atoms with Gasteiger partial charge in [0.15, 0.2) is 11.2 Å². The van der Waals surface area contributed by atoms with Crippen molar-refractivity contribution >= 4 is 17.1 Å². The van der Waals surface area contributed by atoms with Crippen molar-refractivity contribution in [2.75, 3.05) is 18.9 Å². The van der Waals surface area contributed by atoms with Gasteiger partial charge in [-0.15, -0.1) is 0 Å². The molecule has 3 heterocycles. The number of ether oxygens (including phenoxy) is 1. The molecule has 0 radical (unpaired) electrons. The molecule has 114 valence electrons. The fourth-order valence-electron chi connectivity index (χ4n) is 2.46. The third-order valence-electron chi connectivity index (χ3n) is 3.59. The van der Waals surface area contributed by atoms with Crippen molar-refractivity contribution in [1.82, 2.24) is 19.5 Å². The minimum Gasteiger partial charge on any atom is -0.394 e. The van der Waals surface area contributed by atoms with E-state index in [0.717, 1.165) is 0 Å². The van der Waals surface area contributed by atoms with Crippen molar-refractivity contribution in [2.24, 2.45) is 0 Å². The van der Waals surface area contributed by atoms with Crippen LogP contribution in [-0.4, -0.2) is 66.4 Å². The minimum atomic E-state index is -1.26. The Balaban J connectivity index is 2.03. The van der Waals surface area contributed by atoms with E-state index < -0.39 is 36.5 Å². The van der Waals surface area contributed by atoms with Crippen LogP contribution in [-0.2, 0) is 4.74 Å². The van der Waals surface area contributed by atoms with Crippen LogP contribution in [0.15, 0.2) is 11.1 Å². The first-order valence-electron chi connectivity index (χ1n) is 6.34. The molecule has 3 rings (SSSR count). The summed E-state index contributed by atoms with van der Waals surface area (Å²) in [5.41, 5.74) is 5.29. The topological polar surface area (TPSA) is 160 Å². The van der Waals surface area contributed by atoms with Gasteiger partial charge >= 0.3 is 0 Å².